The normalized spacial score (nSPS) is 12.5. The molecule has 77 heavy (non-hydrogen) atoms. The van der Waals surface area contributed by atoms with Crippen molar-refractivity contribution in [3.8, 4) is 0 Å². The lowest BCUT2D eigenvalue weighted by molar-refractivity contribution is -0.167. The molecule has 1 atom stereocenters. The van der Waals surface area contributed by atoms with Gasteiger partial charge in [-0.1, -0.05) is 325 Å². The molecule has 0 aliphatic heterocycles. The van der Waals surface area contributed by atoms with Crippen LogP contribution < -0.4 is 0 Å². The minimum Gasteiger partial charge on any atom is -0.462 e. The molecule has 0 aliphatic rings. The standard InChI is InChI=1S/C71H126O6/c1-4-7-10-13-16-19-22-25-27-29-31-33-35-37-38-40-42-44-46-49-52-55-58-61-64-70(73)76-67-68(66-75-69(72)63-60-57-54-51-48-24-21-18-15-12-9-6-3)77-71(74)65-62-59-56-53-50-47-45-43-41-39-36-34-32-30-28-26-23-20-17-14-11-8-5-2/h8,11,17,20,26,28,32,34,39,41,45,47,68H,4-7,9-10,12-16,18-19,21-25,27,29-31,33,35-38,40,42-44,46,48-67H2,1-3H3/b11-8-,20-17-,28-26-,34-32-,41-39-,47-45-. The highest BCUT2D eigenvalue weighted by atomic mass is 16.6. The monoisotopic (exact) mass is 1070 g/mol. The summed E-state index contributed by atoms with van der Waals surface area (Å²) in [6.07, 6.45) is 84.9. The number of hydrogen-bond donors (Lipinski definition) is 0. The molecule has 0 saturated heterocycles. The van der Waals surface area contributed by atoms with Crippen molar-refractivity contribution in [3.63, 3.8) is 0 Å². The summed E-state index contributed by atoms with van der Waals surface area (Å²) in [6, 6.07) is 0. The van der Waals surface area contributed by atoms with Gasteiger partial charge in [0.1, 0.15) is 13.2 Å². The van der Waals surface area contributed by atoms with Crippen molar-refractivity contribution in [2.75, 3.05) is 13.2 Å². The molecule has 0 amide bonds. The molecule has 0 aromatic rings. The Balaban J connectivity index is 4.31. The van der Waals surface area contributed by atoms with Crippen molar-refractivity contribution in [2.24, 2.45) is 0 Å². The fraction of sp³-hybridized carbons (Fsp3) is 0.789. The maximum Gasteiger partial charge on any atom is 0.306 e. The highest BCUT2D eigenvalue weighted by Gasteiger charge is 2.19. The first-order valence-corrected chi connectivity index (χ1v) is 33.4. The van der Waals surface area contributed by atoms with E-state index < -0.39 is 6.10 Å². The summed E-state index contributed by atoms with van der Waals surface area (Å²) < 4.78 is 16.9. The first kappa shape index (κ1) is 73.8. The van der Waals surface area contributed by atoms with Crippen LogP contribution in [0.1, 0.15) is 342 Å². The van der Waals surface area contributed by atoms with Crippen LogP contribution in [-0.4, -0.2) is 37.2 Å². The molecule has 1 unspecified atom stereocenters. The van der Waals surface area contributed by atoms with Crippen LogP contribution in [0, 0.1) is 0 Å². The SMILES string of the molecule is CC/C=C\C/C=C\C/C=C\C/C=C\C/C=C\C/C=C\CCCCCCC(=O)OC(COC(=O)CCCCCCCCCCCCCC)COC(=O)CCCCCCCCCCCCCCCCCCCCCCCCCC. The van der Waals surface area contributed by atoms with Crippen molar-refractivity contribution in [1.29, 1.82) is 0 Å². The first-order valence-electron chi connectivity index (χ1n) is 33.4. The van der Waals surface area contributed by atoms with Gasteiger partial charge in [0.2, 0.25) is 0 Å². The maximum atomic E-state index is 12.9. The van der Waals surface area contributed by atoms with Crippen molar-refractivity contribution < 1.29 is 28.6 Å². The Morgan fingerprint density at radius 1 is 0.273 bits per heavy atom. The Bertz CT molecular complexity index is 1420. The number of allylic oxidation sites excluding steroid dienone is 12. The number of rotatable bonds is 61. The fourth-order valence-corrected chi connectivity index (χ4v) is 9.74. The Morgan fingerprint density at radius 2 is 0.506 bits per heavy atom. The van der Waals surface area contributed by atoms with E-state index in [-0.39, 0.29) is 31.1 Å². The van der Waals surface area contributed by atoms with E-state index in [1.165, 1.54) is 193 Å². The van der Waals surface area contributed by atoms with Gasteiger partial charge in [-0.05, 0) is 70.6 Å². The second-order valence-electron chi connectivity index (χ2n) is 22.4. The molecule has 0 fully saturated rings. The second kappa shape index (κ2) is 65.4. The number of ether oxygens (including phenoxy) is 3. The second-order valence-corrected chi connectivity index (χ2v) is 22.4. The number of unbranched alkanes of at least 4 members (excludes halogenated alkanes) is 38. The summed E-state index contributed by atoms with van der Waals surface area (Å²) in [5, 5.41) is 0. The van der Waals surface area contributed by atoms with Crippen molar-refractivity contribution in [2.45, 2.75) is 348 Å². The van der Waals surface area contributed by atoms with Crippen LogP contribution in [0.4, 0.5) is 0 Å². The molecule has 0 heterocycles. The minimum absolute atomic E-state index is 0.0815. The van der Waals surface area contributed by atoms with Gasteiger partial charge in [0.15, 0.2) is 6.10 Å². The zero-order valence-corrected chi connectivity index (χ0v) is 51.2. The molecule has 0 N–H and O–H groups in total. The van der Waals surface area contributed by atoms with E-state index >= 15 is 0 Å². The van der Waals surface area contributed by atoms with Crippen LogP contribution in [0.2, 0.25) is 0 Å². The van der Waals surface area contributed by atoms with Gasteiger partial charge in [0, 0.05) is 19.3 Å². The number of esters is 3. The Kier molecular flexibility index (Phi) is 62.7. The van der Waals surface area contributed by atoms with Crippen LogP contribution in [0.15, 0.2) is 72.9 Å². The fourth-order valence-electron chi connectivity index (χ4n) is 9.74. The highest BCUT2D eigenvalue weighted by Crippen LogP contribution is 2.18. The molecule has 6 heteroatoms. The lowest BCUT2D eigenvalue weighted by Crippen LogP contribution is -2.30. The smallest absolute Gasteiger partial charge is 0.306 e. The van der Waals surface area contributed by atoms with E-state index in [0.717, 1.165) is 109 Å². The van der Waals surface area contributed by atoms with E-state index in [0.29, 0.717) is 19.3 Å². The van der Waals surface area contributed by atoms with E-state index in [1.807, 2.05) is 0 Å². The predicted molar refractivity (Wildman–Crippen MR) is 335 cm³/mol. The Morgan fingerprint density at radius 3 is 0.792 bits per heavy atom. The topological polar surface area (TPSA) is 78.9 Å². The molecule has 0 aromatic heterocycles. The van der Waals surface area contributed by atoms with Gasteiger partial charge in [-0.2, -0.15) is 0 Å². The molecule has 6 nitrogen and oxygen atoms in total. The molecule has 446 valence electrons. The summed E-state index contributed by atoms with van der Waals surface area (Å²) in [6.45, 7) is 6.55. The number of carbonyl (C=O) groups excluding carboxylic acids is 3. The number of hydrogen-bond acceptors (Lipinski definition) is 6. The molecular formula is C71H126O6. The molecule has 0 aliphatic carbocycles. The summed E-state index contributed by atoms with van der Waals surface area (Å²) in [7, 11) is 0. The zero-order valence-electron chi connectivity index (χ0n) is 51.2. The van der Waals surface area contributed by atoms with Gasteiger partial charge < -0.3 is 14.2 Å². The highest BCUT2D eigenvalue weighted by molar-refractivity contribution is 5.71. The average molecular weight is 1080 g/mol. The molecule has 0 bridgehead atoms. The summed E-state index contributed by atoms with van der Waals surface area (Å²) in [4.78, 5) is 38.3. The van der Waals surface area contributed by atoms with Crippen LogP contribution in [-0.2, 0) is 28.6 Å². The third-order valence-corrected chi connectivity index (χ3v) is 14.7. The van der Waals surface area contributed by atoms with Crippen LogP contribution in [0.25, 0.3) is 0 Å². The quantitative estimate of drug-likeness (QED) is 0.0261. The van der Waals surface area contributed by atoms with Crippen molar-refractivity contribution in [3.05, 3.63) is 72.9 Å². The third kappa shape index (κ3) is 63.6. The van der Waals surface area contributed by atoms with Gasteiger partial charge >= 0.3 is 17.9 Å². The molecular weight excluding hydrogens is 949 g/mol. The van der Waals surface area contributed by atoms with E-state index in [1.54, 1.807) is 0 Å². The largest absolute Gasteiger partial charge is 0.462 e. The third-order valence-electron chi connectivity index (χ3n) is 14.7. The Labute approximate surface area is 478 Å². The molecule has 0 spiro atoms. The van der Waals surface area contributed by atoms with Crippen LogP contribution in [0.3, 0.4) is 0 Å². The molecule has 0 radical (unpaired) electrons. The van der Waals surface area contributed by atoms with Gasteiger partial charge in [-0.15, -0.1) is 0 Å². The zero-order chi connectivity index (χ0) is 55.7. The average Bonchev–Trinajstić information content (AvgIpc) is 3.43. The van der Waals surface area contributed by atoms with Crippen molar-refractivity contribution in [1.82, 2.24) is 0 Å². The van der Waals surface area contributed by atoms with Gasteiger partial charge in [-0.25, -0.2) is 0 Å². The molecule has 0 rings (SSSR count). The summed E-state index contributed by atoms with van der Waals surface area (Å²) >= 11 is 0. The minimum atomic E-state index is -0.787. The van der Waals surface area contributed by atoms with Crippen LogP contribution >= 0.6 is 0 Å². The maximum absolute atomic E-state index is 12.9. The lowest BCUT2D eigenvalue weighted by Gasteiger charge is -2.18. The molecule has 0 aromatic carbocycles. The number of carbonyl (C=O) groups is 3. The summed E-state index contributed by atoms with van der Waals surface area (Å²) in [5.74, 6) is -0.888. The molecule has 0 saturated carbocycles. The predicted octanol–water partition coefficient (Wildman–Crippen LogP) is 22.9. The van der Waals surface area contributed by atoms with E-state index in [9.17, 15) is 14.4 Å². The lowest BCUT2D eigenvalue weighted by atomic mass is 10.0. The first-order chi connectivity index (χ1) is 38.0. The van der Waals surface area contributed by atoms with Gasteiger partial charge in [0.05, 0.1) is 0 Å². The van der Waals surface area contributed by atoms with Crippen LogP contribution in [0.5, 0.6) is 0 Å². The Hall–Kier alpha value is -3.15. The van der Waals surface area contributed by atoms with Crippen molar-refractivity contribution >= 4 is 17.9 Å². The van der Waals surface area contributed by atoms with Gasteiger partial charge in [0.25, 0.3) is 0 Å². The van der Waals surface area contributed by atoms with Gasteiger partial charge in [-0.3, -0.25) is 14.4 Å². The van der Waals surface area contributed by atoms with E-state index in [2.05, 4.69) is 93.7 Å². The summed E-state index contributed by atoms with van der Waals surface area (Å²) in [5.41, 5.74) is 0. The van der Waals surface area contributed by atoms with E-state index in [4.69, 9.17) is 14.2 Å².